The van der Waals surface area contributed by atoms with Crippen molar-refractivity contribution in [2.75, 3.05) is 5.32 Å². The summed E-state index contributed by atoms with van der Waals surface area (Å²) in [6.45, 7) is 0. The van der Waals surface area contributed by atoms with Gasteiger partial charge in [-0.15, -0.1) is 0 Å². The third-order valence-electron chi connectivity index (χ3n) is 2.14. The minimum absolute atomic E-state index is 0.181. The van der Waals surface area contributed by atoms with E-state index in [9.17, 15) is 4.79 Å². The minimum Gasteiger partial charge on any atom is -0.321 e. The summed E-state index contributed by atoms with van der Waals surface area (Å²) >= 11 is 8.85. The molecule has 92 valence electrons. The van der Waals surface area contributed by atoms with E-state index in [0.717, 1.165) is 18.2 Å². The van der Waals surface area contributed by atoms with Crippen molar-refractivity contribution in [3.05, 3.63) is 54.7 Å². The van der Waals surface area contributed by atoms with Gasteiger partial charge in [0.1, 0.15) is 0 Å². The minimum atomic E-state index is -0.181. The van der Waals surface area contributed by atoms with Crippen molar-refractivity contribution >= 4 is 66.0 Å². The normalized spacial score (nSPS) is 10.2. The summed E-state index contributed by atoms with van der Waals surface area (Å²) < 4.78 is 2.68. The number of hydrogen-bond donors (Lipinski definition) is 1. The second-order valence-corrected chi connectivity index (χ2v) is 6.46. The molecule has 3 nitrogen and oxygen atoms in total. The SMILES string of the molecule is O=C(Nc1cc(Br)ccc1I)c1cncc(Br)c1. The van der Waals surface area contributed by atoms with Crippen LogP contribution in [0.1, 0.15) is 10.4 Å². The van der Waals surface area contributed by atoms with E-state index in [0.29, 0.717) is 5.56 Å². The van der Waals surface area contributed by atoms with Crippen LogP contribution in [0.2, 0.25) is 0 Å². The molecule has 18 heavy (non-hydrogen) atoms. The van der Waals surface area contributed by atoms with Gasteiger partial charge in [-0.2, -0.15) is 0 Å². The standard InChI is InChI=1S/C12H7Br2IN2O/c13-8-1-2-10(15)11(4-8)17-12(18)7-3-9(14)6-16-5-7/h1-6H,(H,17,18). The lowest BCUT2D eigenvalue weighted by Gasteiger charge is -2.08. The largest absolute Gasteiger partial charge is 0.321 e. The smallest absolute Gasteiger partial charge is 0.257 e. The van der Waals surface area contributed by atoms with Crippen molar-refractivity contribution in [2.45, 2.75) is 0 Å². The molecule has 0 spiro atoms. The number of halogens is 3. The number of hydrogen-bond acceptors (Lipinski definition) is 2. The zero-order chi connectivity index (χ0) is 13.1. The number of carbonyl (C=O) groups is 1. The molecule has 2 rings (SSSR count). The number of nitrogens with one attached hydrogen (secondary N) is 1. The number of amides is 1. The number of pyridine rings is 1. The van der Waals surface area contributed by atoms with E-state index in [2.05, 4.69) is 64.8 Å². The predicted molar refractivity (Wildman–Crippen MR) is 86.7 cm³/mol. The molecule has 2 aromatic rings. The van der Waals surface area contributed by atoms with Crippen molar-refractivity contribution in [2.24, 2.45) is 0 Å². The zero-order valence-electron chi connectivity index (χ0n) is 8.95. The first-order chi connectivity index (χ1) is 8.56. The molecule has 0 aliphatic heterocycles. The van der Waals surface area contributed by atoms with Crippen LogP contribution in [-0.4, -0.2) is 10.9 Å². The third-order valence-corrected chi connectivity index (χ3v) is 4.01. The monoisotopic (exact) mass is 480 g/mol. The van der Waals surface area contributed by atoms with Crippen LogP contribution in [0.15, 0.2) is 45.6 Å². The molecular formula is C12H7Br2IN2O. The van der Waals surface area contributed by atoms with Crippen LogP contribution in [0.5, 0.6) is 0 Å². The number of carbonyl (C=O) groups excluding carboxylic acids is 1. The highest BCUT2D eigenvalue weighted by Gasteiger charge is 2.09. The summed E-state index contributed by atoms with van der Waals surface area (Å²) in [5.74, 6) is -0.181. The first kappa shape index (κ1) is 14.0. The Labute approximate surface area is 135 Å². The van der Waals surface area contributed by atoms with Gasteiger partial charge >= 0.3 is 0 Å². The first-order valence-electron chi connectivity index (χ1n) is 4.93. The van der Waals surface area contributed by atoms with Gasteiger partial charge < -0.3 is 5.32 Å². The Hall–Kier alpha value is -0.470. The van der Waals surface area contributed by atoms with Crippen LogP contribution < -0.4 is 5.32 Å². The van der Waals surface area contributed by atoms with Gasteiger partial charge in [0.05, 0.1) is 11.3 Å². The van der Waals surface area contributed by atoms with Gasteiger partial charge in [-0.05, 0) is 62.8 Å². The lowest BCUT2D eigenvalue weighted by atomic mass is 10.2. The molecule has 0 saturated carbocycles. The molecule has 1 aromatic carbocycles. The van der Waals surface area contributed by atoms with E-state index in [4.69, 9.17) is 0 Å². The van der Waals surface area contributed by atoms with E-state index in [1.807, 2.05) is 18.2 Å². The maximum Gasteiger partial charge on any atom is 0.257 e. The highest BCUT2D eigenvalue weighted by atomic mass is 127. The molecule has 0 bridgehead atoms. The number of benzene rings is 1. The van der Waals surface area contributed by atoms with Crippen molar-refractivity contribution in [1.29, 1.82) is 0 Å². The Morgan fingerprint density at radius 3 is 2.67 bits per heavy atom. The fourth-order valence-corrected chi connectivity index (χ4v) is 2.52. The van der Waals surface area contributed by atoms with Crippen LogP contribution in [-0.2, 0) is 0 Å². The molecule has 0 aliphatic carbocycles. The van der Waals surface area contributed by atoms with E-state index in [-0.39, 0.29) is 5.91 Å². The summed E-state index contributed by atoms with van der Waals surface area (Å²) in [6.07, 6.45) is 3.17. The molecule has 1 heterocycles. The Balaban J connectivity index is 2.24. The van der Waals surface area contributed by atoms with Gasteiger partial charge in [0.15, 0.2) is 0 Å². The van der Waals surface area contributed by atoms with E-state index >= 15 is 0 Å². The Kier molecular flexibility index (Phi) is 4.74. The molecule has 0 unspecified atom stereocenters. The Bertz CT molecular complexity index is 604. The van der Waals surface area contributed by atoms with Crippen LogP contribution in [0.25, 0.3) is 0 Å². The van der Waals surface area contributed by atoms with Crippen LogP contribution in [0.3, 0.4) is 0 Å². The lowest BCUT2D eigenvalue weighted by Crippen LogP contribution is -2.13. The van der Waals surface area contributed by atoms with Crippen molar-refractivity contribution in [3.8, 4) is 0 Å². The number of aromatic nitrogens is 1. The zero-order valence-corrected chi connectivity index (χ0v) is 14.3. The van der Waals surface area contributed by atoms with Crippen molar-refractivity contribution < 1.29 is 4.79 Å². The van der Waals surface area contributed by atoms with Crippen LogP contribution >= 0.6 is 54.5 Å². The molecule has 1 N–H and O–H groups in total. The van der Waals surface area contributed by atoms with Gasteiger partial charge in [0, 0.05) is 24.9 Å². The van der Waals surface area contributed by atoms with Gasteiger partial charge in [0.2, 0.25) is 0 Å². The average molecular weight is 482 g/mol. The molecule has 0 fully saturated rings. The molecule has 0 saturated heterocycles. The number of rotatable bonds is 2. The van der Waals surface area contributed by atoms with Gasteiger partial charge in [-0.25, -0.2) is 0 Å². The Morgan fingerprint density at radius 2 is 1.94 bits per heavy atom. The van der Waals surface area contributed by atoms with Crippen LogP contribution in [0, 0.1) is 3.57 Å². The lowest BCUT2D eigenvalue weighted by molar-refractivity contribution is 0.102. The molecule has 0 atom stereocenters. The summed E-state index contributed by atoms with van der Waals surface area (Å²) in [4.78, 5) is 16.0. The van der Waals surface area contributed by atoms with Crippen LogP contribution in [0.4, 0.5) is 5.69 Å². The molecule has 0 aliphatic rings. The number of anilines is 1. The van der Waals surface area contributed by atoms with Gasteiger partial charge in [-0.1, -0.05) is 15.9 Å². The fraction of sp³-hybridized carbons (Fsp3) is 0. The third kappa shape index (κ3) is 3.52. The maximum atomic E-state index is 12.0. The molecule has 1 amide bonds. The molecular weight excluding hydrogens is 475 g/mol. The first-order valence-corrected chi connectivity index (χ1v) is 7.59. The van der Waals surface area contributed by atoms with E-state index in [1.165, 1.54) is 6.20 Å². The maximum absolute atomic E-state index is 12.0. The molecule has 6 heteroatoms. The fourth-order valence-electron chi connectivity index (χ4n) is 1.32. The predicted octanol–water partition coefficient (Wildman–Crippen LogP) is 4.46. The molecule has 0 radical (unpaired) electrons. The van der Waals surface area contributed by atoms with Crippen molar-refractivity contribution in [3.63, 3.8) is 0 Å². The van der Waals surface area contributed by atoms with Crippen molar-refractivity contribution in [1.82, 2.24) is 4.98 Å². The summed E-state index contributed by atoms with van der Waals surface area (Å²) in [5, 5.41) is 2.86. The average Bonchev–Trinajstić information content (AvgIpc) is 2.34. The second kappa shape index (κ2) is 6.12. The summed E-state index contributed by atoms with van der Waals surface area (Å²) in [7, 11) is 0. The van der Waals surface area contributed by atoms with Gasteiger partial charge in [-0.3, -0.25) is 9.78 Å². The van der Waals surface area contributed by atoms with E-state index in [1.54, 1.807) is 12.3 Å². The Morgan fingerprint density at radius 1 is 1.17 bits per heavy atom. The highest BCUT2D eigenvalue weighted by Crippen LogP contribution is 2.23. The summed E-state index contributed by atoms with van der Waals surface area (Å²) in [6, 6.07) is 7.45. The second-order valence-electron chi connectivity index (χ2n) is 3.47. The molecule has 1 aromatic heterocycles. The quantitative estimate of drug-likeness (QED) is 0.643. The highest BCUT2D eigenvalue weighted by molar-refractivity contribution is 14.1. The summed E-state index contributed by atoms with van der Waals surface area (Å²) in [5.41, 5.74) is 1.29. The van der Waals surface area contributed by atoms with E-state index < -0.39 is 0 Å². The van der Waals surface area contributed by atoms with Gasteiger partial charge in [0.25, 0.3) is 5.91 Å². The number of nitrogens with zero attached hydrogens (tertiary/aromatic N) is 1. The topological polar surface area (TPSA) is 42.0 Å².